The average Bonchev–Trinajstić information content (AvgIpc) is 1.63. The first-order valence-electron chi connectivity index (χ1n) is 47.5. The second kappa shape index (κ2) is 56.6. The molecule has 4 aliphatic rings. The maximum atomic E-state index is 12.9. The third-order valence-electron chi connectivity index (χ3n) is 25.8. The molecule has 0 radical (unpaired) electrons. The third-order valence-corrected chi connectivity index (χ3v) is 28.8. The van der Waals surface area contributed by atoms with E-state index in [9.17, 15) is 99.0 Å². The molecule has 0 spiro atoms. The van der Waals surface area contributed by atoms with Gasteiger partial charge in [0.1, 0.15) is 0 Å². The van der Waals surface area contributed by atoms with Crippen LogP contribution in [0, 0.1) is 3.57 Å². The van der Waals surface area contributed by atoms with E-state index in [1.54, 1.807) is 85.4 Å². The molecule has 4 unspecified atom stereocenters. The smallest absolute Gasteiger partial charge is 0.255 e. The standard InChI is InChI=1S/C23H27BrN2O6.C22H24BrClN2O4.C22H25BrN2O4.C21H23IN2O4.C20H24BrN3O4/c1-13(14-4-6-17(24)7-5-14)25-22(29)20(27)21(28)23(30)26-9-8-15-10-18(31-2)19(32-3)11-16(15)12-26;1-13(14-7-9-16(23)10-8-14)25-21(29)19(27)20(28)22(30)26-11-3-6-18(26)15-4-2-5-17(24)12-15;1-13(14-7-9-17(23)10-8-14)24-21(28)19(26)20(27)22(29)25(2)18-11-15-5-3-4-6-16(15)12-18;1-13(14-6-8-17(22)9-7-14)23-20(27)18(25)19(26)21(28)24-11-10-15-4-2-3-5-16(15)12-24;1-13(15-3-5-16(21)6-4-15)23-19(27)17(25)18(26)20(28)24(2)12-9-14-7-10-22-11-8-14/h4-7,10-11,13,20-21,27-28H,8-9,12H2,1-3H3,(H,25,29);2,4-5,7-10,12-13,18-20,27-28H,3,6,11H2,1H3,(H,25,29);3-10,13,18-20,26-27H,11-12H2,1-2H3,(H,24,28);2-9,13,18-19,25-26H,10-12H2,1H3,(H,23,27);3-8,10-11,13,17-18,25-26H,9,12H2,1-2H3,(H,23,27)/t13-,20+,21+;13-,18?,19+,20+;13-,19+,20+;13-,18?,19?;13?,17-,18-/m00011/s1. The van der Waals surface area contributed by atoms with Gasteiger partial charge in [0, 0.05) is 98.3 Å². The van der Waals surface area contributed by atoms with Gasteiger partial charge in [0.05, 0.1) is 50.5 Å². The Hall–Kier alpha value is -11.0. The number of aromatic nitrogens is 1. The molecule has 0 bridgehead atoms. The van der Waals surface area contributed by atoms with Crippen LogP contribution in [0.2, 0.25) is 5.02 Å². The largest absolute Gasteiger partial charge is 0.493 e. The summed E-state index contributed by atoms with van der Waals surface area (Å²) in [5, 5.41) is 116. The molecule has 1 fully saturated rings. The lowest BCUT2D eigenvalue weighted by atomic mass is 9.98. The van der Waals surface area contributed by atoms with Crippen molar-refractivity contribution in [3.05, 3.63) is 330 Å². The van der Waals surface area contributed by atoms with E-state index in [1.165, 1.54) is 55.3 Å². The minimum Gasteiger partial charge on any atom is -0.493 e. The van der Waals surface area contributed by atoms with Crippen molar-refractivity contribution in [3.63, 3.8) is 0 Å². The number of aliphatic hydroxyl groups is 10. The van der Waals surface area contributed by atoms with E-state index in [-0.39, 0.29) is 36.8 Å². The molecule has 16 atom stereocenters. The molecule has 9 aromatic carbocycles. The highest BCUT2D eigenvalue weighted by molar-refractivity contribution is 14.1. The summed E-state index contributed by atoms with van der Waals surface area (Å²) in [7, 11) is 6.20. The third kappa shape index (κ3) is 33.2. The number of aliphatic hydroxyl groups excluding tert-OH is 10. The van der Waals surface area contributed by atoms with Crippen LogP contribution < -0.4 is 36.1 Å². The van der Waals surface area contributed by atoms with Crippen molar-refractivity contribution in [3.8, 4) is 11.5 Å². The zero-order valence-corrected chi connectivity index (χ0v) is 91.5. The van der Waals surface area contributed by atoms with E-state index in [2.05, 4.69) is 118 Å². The number of fused-ring (bicyclic) bond motifs is 3. The lowest BCUT2D eigenvalue weighted by Gasteiger charge is -2.32. The van der Waals surface area contributed by atoms with Crippen LogP contribution in [0.5, 0.6) is 11.5 Å². The van der Waals surface area contributed by atoms with Gasteiger partial charge >= 0.3 is 0 Å². The van der Waals surface area contributed by atoms with E-state index in [4.69, 9.17) is 21.1 Å². The summed E-state index contributed by atoms with van der Waals surface area (Å²) in [5.41, 5.74) is 12.5. The summed E-state index contributed by atoms with van der Waals surface area (Å²) in [6.45, 7) is 11.0. The summed E-state index contributed by atoms with van der Waals surface area (Å²) in [6, 6.07) is 65.1. The fourth-order valence-electron chi connectivity index (χ4n) is 16.8. The molecule has 10 amide bonds. The first-order chi connectivity index (χ1) is 69.9. The molecule has 33 nitrogen and oxygen atoms in total. The fraction of sp³-hybridized carbons (Fsp3) is 0.361. The first-order valence-corrected chi connectivity index (χ1v) is 52.1. The normalized spacial score (nSPS) is 16.5. The summed E-state index contributed by atoms with van der Waals surface area (Å²) in [6.07, 6.45) is -10.4. The summed E-state index contributed by atoms with van der Waals surface area (Å²) in [5.74, 6) is -6.22. The highest BCUT2D eigenvalue weighted by Gasteiger charge is 2.43. The highest BCUT2D eigenvalue weighted by Crippen LogP contribution is 2.37. The molecule has 4 heterocycles. The molecule has 1 aliphatic carbocycles. The molecule has 1 aromatic heterocycles. The molecule has 147 heavy (non-hydrogen) atoms. The molecule has 15 N–H and O–H groups in total. The molecular weight excluding hydrogens is 2290 g/mol. The topological polar surface area (TPSA) is 481 Å². The van der Waals surface area contributed by atoms with E-state index >= 15 is 0 Å². The number of nitrogens with one attached hydrogen (secondary N) is 5. The highest BCUT2D eigenvalue weighted by atomic mass is 127. The number of carbonyl (C=O) groups is 10. The molecular formula is C108H123Br4ClIN11O22. The zero-order chi connectivity index (χ0) is 107. The van der Waals surface area contributed by atoms with Crippen molar-refractivity contribution in [2.75, 3.05) is 54.5 Å². The van der Waals surface area contributed by atoms with Gasteiger partial charge in [-0.3, -0.25) is 52.9 Å². The van der Waals surface area contributed by atoms with Crippen molar-refractivity contribution in [2.45, 2.75) is 196 Å². The van der Waals surface area contributed by atoms with Gasteiger partial charge in [-0.2, -0.15) is 0 Å². The SMILES string of the molecule is CC(NC(=O)[C@H](O)[C@@H](O)C(=O)N(C)CCc1ccncc1)c1ccc(Br)cc1.COc1cc2c(cc1OC)CN(C(=O)[C@H](O)[C@@H](O)C(=O)N[C@@H](C)c1ccc(Br)cc1)CC2.C[C@@H](NC(=O)C(O)C(O)C(=O)N1CCc2ccccc2C1)c1ccc(I)cc1.C[C@H](NC(=O)[C@H](O)[C@@H](O)C(=O)N(C)C1Cc2ccccc2C1)c1ccc(Br)cc1.C[C@H](NC(=O)[C@H](O)[C@@H](O)C(=O)N1CCCC1c1cccc(Cl)c1)c1ccc(Br)cc1. The monoisotopic (exact) mass is 2400 g/mol. The number of pyridine rings is 1. The average molecular weight is 2410 g/mol. The van der Waals surface area contributed by atoms with E-state index in [1.807, 2.05) is 194 Å². The number of nitrogens with zero attached hydrogens (tertiary/aromatic N) is 6. The number of halogens is 6. The zero-order valence-electron chi connectivity index (χ0n) is 82.3. The van der Waals surface area contributed by atoms with Crippen molar-refractivity contribution in [1.82, 2.24) is 56.1 Å². The number of carbonyl (C=O) groups excluding carboxylic acids is 10. The lowest BCUT2D eigenvalue weighted by molar-refractivity contribution is -0.154. The van der Waals surface area contributed by atoms with Crippen LogP contribution in [0.4, 0.5) is 0 Å². The van der Waals surface area contributed by atoms with Crippen LogP contribution in [-0.2, 0) is 93.1 Å². The number of hydrogen-bond acceptors (Lipinski definition) is 23. The molecule has 784 valence electrons. The molecule has 10 aromatic rings. The second-order valence-electron chi connectivity index (χ2n) is 36.0. The first kappa shape index (κ1) is 118. The van der Waals surface area contributed by atoms with Crippen LogP contribution in [0.1, 0.15) is 156 Å². The Morgan fingerprint density at radius 2 is 0.755 bits per heavy atom. The number of amides is 10. The number of ether oxygens (including phenoxy) is 2. The Kier molecular flexibility index (Phi) is 45.3. The van der Waals surface area contributed by atoms with Gasteiger partial charge in [-0.05, 0) is 272 Å². The van der Waals surface area contributed by atoms with Gasteiger partial charge in [-0.25, -0.2) is 0 Å². The van der Waals surface area contributed by atoms with Gasteiger partial charge in [0.2, 0.25) is 0 Å². The minimum atomic E-state index is -1.88. The maximum absolute atomic E-state index is 12.9. The van der Waals surface area contributed by atoms with E-state index < -0.39 is 132 Å². The summed E-state index contributed by atoms with van der Waals surface area (Å²) >= 11 is 21.6. The Balaban J connectivity index is 0.000000188. The van der Waals surface area contributed by atoms with Crippen LogP contribution in [0.15, 0.2) is 249 Å². The van der Waals surface area contributed by atoms with Gasteiger partial charge in [0.15, 0.2) is 72.5 Å². The molecule has 39 heteroatoms. The van der Waals surface area contributed by atoms with Crippen LogP contribution in [0.25, 0.3) is 0 Å². The number of benzene rings is 9. The van der Waals surface area contributed by atoms with Gasteiger partial charge in [-0.15, -0.1) is 0 Å². The van der Waals surface area contributed by atoms with Crippen LogP contribution in [0.3, 0.4) is 0 Å². The predicted octanol–water partition coefficient (Wildman–Crippen LogP) is 10.5. The summed E-state index contributed by atoms with van der Waals surface area (Å²) in [4.78, 5) is 136. The predicted molar refractivity (Wildman–Crippen MR) is 574 cm³/mol. The minimum absolute atomic E-state index is 0.105. The van der Waals surface area contributed by atoms with Gasteiger partial charge < -0.3 is 112 Å². The van der Waals surface area contributed by atoms with E-state index in [0.29, 0.717) is 81.3 Å². The summed E-state index contributed by atoms with van der Waals surface area (Å²) < 4.78 is 15.3. The quantitative estimate of drug-likeness (QED) is 0.0174. The Morgan fingerprint density at radius 3 is 1.15 bits per heavy atom. The Labute approximate surface area is 905 Å². The van der Waals surface area contributed by atoms with Gasteiger partial charge in [0.25, 0.3) is 59.1 Å². The lowest BCUT2D eigenvalue weighted by Crippen LogP contribution is -2.52. The van der Waals surface area contributed by atoms with Crippen molar-refractivity contribution in [1.29, 1.82) is 0 Å². The van der Waals surface area contributed by atoms with Crippen molar-refractivity contribution >= 4 is 157 Å². The van der Waals surface area contributed by atoms with Crippen LogP contribution >= 0.6 is 97.9 Å². The fourth-order valence-corrected chi connectivity index (χ4v) is 18.4. The second-order valence-corrected chi connectivity index (χ2v) is 41.4. The maximum Gasteiger partial charge on any atom is 0.255 e. The Bertz CT molecular complexity index is 6100. The van der Waals surface area contributed by atoms with Crippen molar-refractivity contribution < 1.29 is 108 Å². The van der Waals surface area contributed by atoms with Gasteiger partial charge in [-0.1, -0.05) is 197 Å². The Morgan fingerprint density at radius 1 is 0.408 bits per heavy atom. The molecule has 0 saturated carbocycles. The number of hydrogen-bond donors (Lipinski definition) is 15. The number of likely N-dealkylation sites (tertiary alicyclic amines) is 1. The number of rotatable bonds is 32. The van der Waals surface area contributed by atoms with E-state index in [0.717, 1.165) is 89.9 Å². The number of methoxy groups -OCH3 is 2. The van der Waals surface area contributed by atoms with Crippen LogP contribution in [-0.4, -0.2) is 261 Å². The molecule has 1 saturated heterocycles. The molecule has 14 rings (SSSR count). The molecule has 3 aliphatic heterocycles. The van der Waals surface area contributed by atoms with Crippen molar-refractivity contribution in [2.24, 2.45) is 0 Å². The number of likely N-dealkylation sites (N-methyl/N-ethyl adjacent to an activating group) is 2.